The second kappa shape index (κ2) is 8.86. The average molecular weight is 428 g/mol. The van der Waals surface area contributed by atoms with Crippen molar-refractivity contribution >= 4 is 21.9 Å². The zero-order chi connectivity index (χ0) is 19.2. The minimum atomic E-state index is 0.517. The Hall–Kier alpha value is -2.60. The van der Waals surface area contributed by atoms with E-state index in [1.165, 1.54) is 11.1 Å². The third kappa shape index (κ3) is 4.98. The zero-order valence-corrected chi connectivity index (χ0v) is 17.2. The molecule has 0 amide bonds. The summed E-state index contributed by atoms with van der Waals surface area (Å²) < 4.78 is 11.3. The predicted octanol–water partition coefficient (Wildman–Crippen LogP) is 4.77. The van der Waals surface area contributed by atoms with E-state index < -0.39 is 0 Å². The Morgan fingerprint density at radius 3 is 2.04 bits per heavy atom. The highest BCUT2D eigenvalue weighted by Crippen LogP contribution is 2.25. The van der Waals surface area contributed by atoms with Gasteiger partial charge in [-0.15, -0.1) is 0 Å². The summed E-state index contributed by atoms with van der Waals surface area (Å²) in [4.78, 5) is 11.2. The van der Waals surface area contributed by atoms with Crippen LogP contribution >= 0.6 is 15.9 Å². The molecule has 27 heavy (non-hydrogen) atoms. The number of benzene rings is 2. The molecular formula is C21H22BrN3O2. The van der Waals surface area contributed by atoms with Gasteiger partial charge in [-0.1, -0.05) is 42.0 Å². The highest BCUT2D eigenvalue weighted by Gasteiger charge is 2.14. The van der Waals surface area contributed by atoms with Crippen molar-refractivity contribution in [1.82, 2.24) is 9.97 Å². The van der Waals surface area contributed by atoms with Crippen molar-refractivity contribution < 1.29 is 9.47 Å². The average Bonchev–Trinajstić information content (AvgIpc) is 2.70. The third-order valence-corrected chi connectivity index (χ3v) is 4.75. The summed E-state index contributed by atoms with van der Waals surface area (Å²) in [6.45, 7) is 3.45. The van der Waals surface area contributed by atoms with Crippen LogP contribution in [0.1, 0.15) is 16.7 Å². The summed E-state index contributed by atoms with van der Waals surface area (Å²) >= 11 is 3.41. The number of hydrogen-bond donors (Lipinski definition) is 0. The number of hydrogen-bond acceptors (Lipinski definition) is 5. The standard InChI is InChI=1S/C21H22BrN3O2/c1-15-4-6-16(7-5-15)13-25(14-17-8-10-18(26-2)11-9-17)21-23-12-19(22)20(24-21)27-3/h4-12H,13-14H2,1-3H3. The maximum atomic E-state index is 5.34. The van der Waals surface area contributed by atoms with Gasteiger partial charge >= 0.3 is 0 Å². The van der Waals surface area contributed by atoms with E-state index in [0.717, 1.165) is 15.8 Å². The van der Waals surface area contributed by atoms with E-state index in [0.29, 0.717) is 24.9 Å². The number of rotatable bonds is 7. The number of methoxy groups -OCH3 is 2. The van der Waals surface area contributed by atoms with Crippen molar-refractivity contribution in [1.29, 1.82) is 0 Å². The quantitative estimate of drug-likeness (QED) is 0.543. The van der Waals surface area contributed by atoms with E-state index in [2.05, 4.69) is 74.1 Å². The summed E-state index contributed by atoms with van der Waals surface area (Å²) in [5.41, 5.74) is 3.58. The summed E-state index contributed by atoms with van der Waals surface area (Å²) in [5.74, 6) is 1.97. The van der Waals surface area contributed by atoms with Crippen molar-refractivity contribution in [2.24, 2.45) is 0 Å². The number of aryl methyl sites for hydroxylation is 1. The molecule has 2 aromatic carbocycles. The van der Waals surface area contributed by atoms with Crippen LogP contribution in [0.4, 0.5) is 5.95 Å². The number of aromatic nitrogens is 2. The lowest BCUT2D eigenvalue weighted by molar-refractivity contribution is 0.393. The maximum absolute atomic E-state index is 5.34. The number of anilines is 1. The van der Waals surface area contributed by atoms with Crippen LogP contribution in [-0.2, 0) is 13.1 Å². The first-order chi connectivity index (χ1) is 13.1. The molecule has 0 N–H and O–H groups in total. The molecular weight excluding hydrogens is 406 g/mol. The van der Waals surface area contributed by atoms with Crippen LogP contribution in [0.25, 0.3) is 0 Å². The number of halogens is 1. The first kappa shape index (κ1) is 19.2. The van der Waals surface area contributed by atoms with Gasteiger partial charge in [-0.05, 0) is 46.1 Å². The molecule has 0 radical (unpaired) electrons. The van der Waals surface area contributed by atoms with E-state index in [4.69, 9.17) is 9.47 Å². The van der Waals surface area contributed by atoms with E-state index in [1.807, 2.05) is 12.1 Å². The molecule has 5 nitrogen and oxygen atoms in total. The van der Waals surface area contributed by atoms with Gasteiger partial charge < -0.3 is 14.4 Å². The Balaban J connectivity index is 1.90. The Bertz CT molecular complexity index is 883. The van der Waals surface area contributed by atoms with Crippen LogP contribution in [0, 0.1) is 6.92 Å². The highest BCUT2D eigenvalue weighted by atomic mass is 79.9. The molecule has 0 fully saturated rings. The van der Waals surface area contributed by atoms with Gasteiger partial charge in [0.15, 0.2) is 0 Å². The molecule has 0 aliphatic heterocycles. The minimum Gasteiger partial charge on any atom is -0.497 e. The predicted molar refractivity (Wildman–Crippen MR) is 110 cm³/mol. The first-order valence-corrected chi connectivity index (χ1v) is 9.38. The Labute approximate surface area is 168 Å². The Morgan fingerprint density at radius 2 is 1.48 bits per heavy atom. The van der Waals surface area contributed by atoms with Gasteiger partial charge in [0.25, 0.3) is 0 Å². The van der Waals surface area contributed by atoms with Gasteiger partial charge in [-0.2, -0.15) is 4.98 Å². The second-order valence-electron chi connectivity index (χ2n) is 6.22. The fourth-order valence-electron chi connectivity index (χ4n) is 2.70. The SMILES string of the molecule is COc1ccc(CN(Cc2ccc(C)cc2)c2ncc(Br)c(OC)n2)cc1. The lowest BCUT2D eigenvalue weighted by Gasteiger charge is -2.23. The molecule has 1 heterocycles. The molecule has 0 bridgehead atoms. The monoisotopic (exact) mass is 427 g/mol. The van der Waals surface area contributed by atoms with Crippen molar-refractivity contribution in [3.8, 4) is 11.6 Å². The van der Waals surface area contributed by atoms with E-state index in [-0.39, 0.29) is 0 Å². The molecule has 1 aromatic heterocycles. The molecule has 0 aliphatic carbocycles. The summed E-state index contributed by atoms with van der Waals surface area (Å²) in [6.07, 6.45) is 1.72. The van der Waals surface area contributed by atoms with E-state index in [1.54, 1.807) is 20.4 Å². The van der Waals surface area contributed by atoms with Crippen LogP contribution in [0.3, 0.4) is 0 Å². The maximum Gasteiger partial charge on any atom is 0.232 e. The van der Waals surface area contributed by atoms with Crippen LogP contribution in [-0.4, -0.2) is 24.2 Å². The highest BCUT2D eigenvalue weighted by molar-refractivity contribution is 9.10. The van der Waals surface area contributed by atoms with Gasteiger partial charge in [-0.25, -0.2) is 4.98 Å². The van der Waals surface area contributed by atoms with Gasteiger partial charge in [0.05, 0.1) is 24.9 Å². The fraction of sp³-hybridized carbons (Fsp3) is 0.238. The molecule has 3 rings (SSSR count). The van der Waals surface area contributed by atoms with Crippen molar-refractivity contribution in [2.75, 3.05) is 19.1 Å². The molecule has 0 saturated heterocycles. The summed E-state index contributed by atoms with van der Waals surface area (Å²) in [7, 11) is 3.27. The normalized spacial score (nSPS) is 10.5. The van der Waals surface area contributed by atoms with Gasteiger partial charge in [-0.3, -0.25) is 0 Å². The summed E-state index contributed by atoms with van der Waals surface area (Å²) in [6, 6.07) is 16.5. The van der Waals surface area contributed by atoms with Crippen LogP contribution < -0.4 is 14.4 Å². The van der Waals surface area contributed by atoms with Crippen LogP contribution in [0.5, 0.6) is 11.6 Å². The van der Waals surface area contributed by atoms with E-state index in [9.17, 15) is 0 Å². The Kier molecular flexibility index (Phi) is 6.29. The molecule has 0 atom stereocenters. The molecule has 0 saturated carbocycles. The van der Waals surface area contributed by atoms with Crippen molar-refractivity contribution in [2.45, 2.75) is 20.0 Å². The van der Waals surface area contributed by atoms with Crippen molar-refractivity contribution in [3.63, 3.8) is 0 Å². The fourth-order valence-corrected chi connectivity index (χ4v) is 3.05. The zero-order valence-electron chi connectivity index (χ0n) is 15.6. The van der Waals surface area contributed by atoms with Crippen LogP contribution in [0.15, 0.2) is 59.2 Å². The minimum absolute atomic E-state index is 0.517. The first-order valence-electron chi connectivity index (χ1n) is 8.59. The molecule has 3 aromatic rings. The topological polar surface area (TPSA) is 47.5 Å². The largest absolute Gasteiger partial charge is 0.497 e. The summed E-state index contributed by atoms with van der Waals surface area (Å²) in [5, 5.41) is 0. The lowest BCUT2D eigenvalue weighted by Crippen LogP contribution is -2.24. The van der Waals surface area contributed by atoms with Gasteiger partial charge in [0.1, 0.15) is 5.75 Å². The molecule has 0 aliphatic rings. The van der Waals surface area contributed by atoms with Crippen LogP contribution in [0.2, 0.25) is 0 Å². The van der Waals surface area contributed by atoms with Gasteiger partial charge in [0.2, 0.25) is 11.8 Å². The molecule has 0 unspecified atom stereocenters. The Morgan fingerprint density at radius 1 is 0.889 bits per heavy atom. The van der Waals surface area contributed by atoms with Gasteiger partial charge in [0, 0.05) is 13.1 Å². The second-order valence-corrected chi connectivity index (χ2v) is 7.07. The van der Waals surface area contributed by atoms with Crippen molar-refractivity contribution in [3.05, 3.63) is 75.9 Å². The number of ether oxygens (including phenoxy) is 2. The smallest absolute Gasteiger partial charge is 0.232 e. The number of nitrogens with zero attached hydrogens (tertiary/aromatic N) is 3. The molecule has 140 valence electrons. The third-order valence-electron chi connectivity index (χ3n) is 4.20. The van der Waals surface area contributed by atoms with E-state index >= 15 is 0 Å². The molecule has 6 heteroatoms. The lowest BCUT2D eigenvalue weighted by atomic mass is 10.1. The molecule has 0 spiro atoms.